The van der Waals surface area contributed by atoms with Crippen LogP contribution in [0.25, 0.3) is 0 Å². The molecule has 4 aliphatic rings. The van der Waals surface area contributed by atoms with Gasteiger partial charge in [-0.2, -0.15) is 0 Å². The van der Waals surface area contributed by atoms with Gasteiger partial charge >= 0.3 is 0 Å². The van der Waals surface area contributed by atoms with Crippen LogP contribution in [-0.2, 0) is 38.8 Å². The molecule has 0 aromatic carbocycles. The Kier molecular flexibility index (Phi) is 11.5. The monoisotopic (exact) mass is 504 g/mol. The molecule has 0 fully saturated rings. The van der Waals surface area contributed by atoms with Gasteiger partial charge in [0.15, 0.2) is 0 Å². The van der Waals surface area contributed by atoms with E-state index >= 15 is 0 Å². The average Bonchev–Trinajstić information content (AvgIpc) is 2.87. The number of quaternary nitrogens is 1. The molecular formula is C34H54N3+. The van der Waals surface area contributed by atoms with Gasteiger partial charge in [-0.1, -0.05) is 77.0 Å². The van der Waals surface area contributed by atoms with Gasteiger partial charge in [0.1, 0.15) is 13.1 Å². The predicted molar refractivity (Wildman–Crippen MR) is 157 cm³/mol. The van der Waals surface area contributed by atoms with E-state index in [2.05, 4.69) is 38.6 Å². The fraction of sp³-hybridized carbons (Fsp3) is 0.706. The topological polar surface area (TPSA) is 25.8 Å². The Morgan fingerprint density at radius 3 is 1.19 bits per heavy atom. The molecule has 2 aliphatic carbocycles. The molecule has 4 heterocycles. The number of hydrogen-bond donors (Lipinski definition) is 0. The number of pyridine rings is 2. The van der Waals surface area contributed by atoms with E-state index in [9.17, 15) is 0 Å². The lowest BCUT2D eigenvalue weighted by molar-refractivity contribution is -0.916. The second kappa shape index (κ2) is 15.0. The highest BCUT2D eigenvalue weighted by Gasteiger charge is 2.22. The highest BCUT2D eigenvalue weighted by atomic mass is 15.3. The molecule has 0 unspecified atom stereocenters. The first kappa shape index (κ1) is 28.3. The fourth-order valence-corrected chi connectivity index (χ4v) is 6.52. The quantitative estimate of drug-likeness (QED) is 0.389. The summed E-state index contributed by atoms with van der Waals surface area (Å²) in [6.45, 7) is 2.11. The minimum absolute atomic E-state index is 0.969. The van der Waals surface area contributed by atoms with E-state index in [1.165, 1.54) is 149 Å². The van der Waals surface area contributed by atoms with Crippen LogP contribution in [0.2, 0.25) is 0 Å². The molecule has 4 bridgehead atoms. The van der Waals surface area contributed by atoms with Crippen LogP contribution in [0.4, 0.5) is 0 Å². The van der Waals surface area contributed by atoms with E-state index in [4.69, 9.17) is 9.97 Å². The van der Waals surface area contributed by atoms with Crippen molar-refractivity contribution >= 4 is 0 Å². The molecule has 204 valence electrons. The normalized spacial score (nSPS) is 19.3. The molecule has 37 heavy (non-hydrogen) atoms. The van der Waals surface area contributed by atoms with Crippen molar-refractivity contribution in [2.75, 3.05) is 14.1 Å². The summed E-state index contributed by atoms with van der Waals surface area (Å²) in [6.07, 6.45) is 30.9. The van der Waals surface area contributed by atoms with E-state index in [-0.39, 0.29) is 0 Å². The van der Waals surface area contributed by atoms with E-state index < -0.39 is 0 Å². The van der Waals surface area contributed by atoms with Crippen LogP contribution in [0.1, 0.15) is 136 Å². The fourth-order valence-electron chi connectivity index (χ4n) is 6.52. The van der Waals surface area contributed by atoms with Crippen molar-refractivity contribution in [3.8, 4) is 0 Å². The SMILES string of the molecule is C[N+](C)(Cc1cc2cnc1CCCCCCCCCC2)Cc1cc2cnc1CCCCCCCCCC2. The molecule has 3 nitrogen and oxygen atoms in total. The van der Waals surface area contributed by atoms with Gasteiger partial charge in [-0.25, -0.2) is 0 Å². The Bertz CT molecular complexity index is 873. The molecule has 2 aromatic rings. The first-order valence-corrected chi connectivity index (χ1v) is 15.8. The molecule has 3 heteroatoms. The highest BCUT2D eigenvalue weighted by molar-refractivity contribution is 5.27. The molecule has 0 spiro atoms. The van der Waals surface area contributed by atoms with Crippen molar-refractivity contribution in [3.05, 3.63) is 58.2 Å². The number of aromatic nitrogens is 2. The van der Waals surface area contributed by atoms with Crippen LogP contribution in [0, 0.1) is 0 Å². The number of fused-ring (bicyclic) bond motifs is 22. The molecule has 2 aliphatic heterocycles. The summed E-state index contributed by atoms with van der Waals surface area (Å²) >= 11 is 0. The van der Waals surface area contributed by atoms with Gasteiger partial charge in [0.05, 0.1) is 14.1 Å². The maximum Gasteiger partial charge on any atom is 0.106 e. The molecule has 2 aromatic heterocycles. The molecule has 0 amide bonds. The van der Waals surface area contributed by atoms with Crippen molar-refractivity contribution in [1.29, 1.82) is 0 Å². The summed E-state index contributed by atoms with van der Waals surface area (Å²) in [7, 11) is 4.84. The second-order valence-corrected chi connectivity index (χ2v) is 12.8. The standard InChI is InChI=1S/C34H54N3/c1-37(2,27-31-23-29-19-15-11-7-3-5-9-13-17-21-33(31)35-25-29)28-32-24-30-20-16-12-8-4-6-10-14-18-22-34(32)36-26-30/h23-26H,3-22,27-28H2,1-2H3/q+1. The van der Waals surface area contributed by atoms with Gasteiger partial charge in [-0.3, -0.25) is 9.97 Å². The van der Waals surface area contributed by atoms with Crippen LogP contribution < -0.4 is 0 Å². The molecule has 0 saturated carbocycles. The summed E-state index contributed by atoms with van der Waals surface area (Å²) in [5, 5.41) is 0. The largest absolute Gasteiger partial charge is 0.321 e. The number of rotatable bonds is 4. The predicted octanol–water partition coefficient (Wildman–Crippen LogP) is 8.69. The Labute approximate surface area is 228 Å². The zero-order chi connectivity index (χ0) is 25.8. The van der Waals surface area contributed by atoms with Crippen molar-refractivity contribution < 1.29 is 4.48 Å². The zero-order valence-electron chi connectivity index (χ0n) is 24.2. The summed E-state index contributed by atoms with van der Waals surface area (Å²) in [5.74, 6) is 0. The zero-order valence-corrected chi connectivity index (χ0v) is 24.2. The van der Waals surface area contributed by atoms with Crippen molar-refractivity contribution in [2.45, 2.75) is 142 Å². The van der Waals surface area contributed by atoms with Crippen molar-refractivity contribution in [2.24, 2.45) is 0 Å². The Hall–Kier alpha value is -1.74. The molecule has 0 radical (unpaired) electrons. The van der Waals surface area contributed by atoms with Crippen molar-refractivity contribution in [1.82, 2.24) is 9.97 Å². The summed E-state index contributed by atoms with van der Waals surface area (Å²) in [5.41, 5.74) is 8.59. The third-order valence-corrected chi connectivity index (χ3v) is 8.69. The lowest BCUT2D eigenvalue weighted by Gasteiger charge is -2.31. The van der Waals surface area contributed by atoms with E-state index in [1.54, 1.807) is 0 Å². The smallest absolute Gasteiger partial charge is 0.106 e. The van der Waals surface area contributed by atoms with Crippen LogP contribution >= 0.6 is 0 Å². The summed E-state index contributed by atoms with van der Waals surface area (Å²) in [4.78, 5) is 10.1. The molecule has 6 rings (SSSR count). The number of aryl methyl sites for hydroxylation is 4. The van der Waals surface area contributed by atoms with Gasteiger partial charge in [-0.05, 0) is 74.6 Å². The average molecular weight is 505 g/mol. The molecular weight excluding hydrogens is 450 g/mol. The first-order valence-electron chi connectivity index (χ1n) is 15.8. The van der Waals surface area contributed by atoms with Crippen LogP contribution in [-0.4, -0.2) is 28.5 Å². The minimum atomic E-state index is 0.969. The maximum absolute atomic E-state index is 5.04. The Balaban J connectivity index is 1.51. The maximum atomic E-state index is 5.04. The van der Waals surface area contributed by atoms with Gasteiger partial charge in [0.2, 0.25) is 0 Å². The summed E-state index contributed by atoms with van der Waals surface area (Å²) in [6, 6.07) is 5.03. The van der Waals surface area contributed by atoms with Crippen LogP contribution in [0.15, 0.2) is 24.5 Å². The minimum Gasteiger partial charge on any atom is -0.321 e. The van der Waals surface area contributed by atoms with Crippen LogP contribution in [0.3, 0.4) is 0 Å². The Morgan fingerprint density at radius 1 is 0.486 bits per heavy atom. The van der Waals surface area contributed by atoms with Crippen LogP contribution in [0.5, 0.6) is 0 Å². The van der Waals surface area contributed by atoms with E-state index in [0.717, 1.165) is 30.4 Å². The Morgan fingerprint density at radius 2 is 0.811 bits per heavy atom. The second-order valence-electron chi connectivity index (χ2n) is 12.8. The highest BCUT2D eigenvalue weighted by Crippen LogP contribution is 2.24. The third kappa shape index (κ3) is 9.82. The van der Waals surface area contributed by atoms with Gasteiger partial charge in [0.25, 0.3) is 0 Å². The molecule has 0 atom stereocenters. The van der Waals surface area contributed by atoms with Gasteiger partial charge < -0.3 is 4.48 Å². The third-order valence-electron chi connectivity index (χ3n) is 8.69. The van der Waals surface area contributed by atoms with Gasteiger partial charge in [-0.15, -0.1) is 0 Å². The lowest BCUT2D eigenvalue weighted by atomic mass is 9.98. The van der Waals surface area contributed by atoms with E-state index in [0.29, 0.717) is 0 Å². The van der Waals surface area contributed by atoms with Gasteiger partial charge in [0, 0.05) is 34.9 Å². The lowest BCUT2D eigenvalue weighted by Crippen LogP contribution is -2.38. The molecule has 0 N–H and O–H groups in total. The number of hydrogen-bond acceptors (Lipinski definition) is 2. The van der Waals surface area contributed by atoms with E-state index in [1.807, 2.05) is 0 Å². The summed E-state index contributed by atoms with van der Waals surface area (Å²) < 4.78 is 0.969. The first-order chi connectivity index (χ1) is 18.1. The number of nitrogens with zero attached hydrogens (tertiary/aromatic N) is 3. The molecule has 0 saturated heterocycles. The van der Waals surface area contributed by atoms with Crippen molar-refractivity contribution in [3.63, 3.8) is 0 Å².